The topological polar surface area (TPSA) is 24.5 Å². The average molecular weight is 250 g/mol. The summed E-state index contributed by atoms with van der Waals surface area (Å²) in [5, 5.41) is 3.45. The van der Waals surface area contributed by atoms with Gasteiger partial charge in [-0.15, -0.1) is 0 Å². The van der Waals surface area contributed by atoms with Crippen molar-refractivity contribution in [1.82, 2.24) is 5.32 Å². The van der Waals surface area contributed by atoms with Crippen molar-refractivity contribution in [1.29, 1.82) is 0 Å². The zero-order valence-electron chi connectivity index (χ0n) is 12.3. The van der Waals surface area contributed by atoms with Gasteiger partial charge in [0.1, 0.15) is 5.75 Å². The lowest BCUT2D eigenvalue weighted by atomic mass is 10.1. The Morgan fingerprint density at radius 3 is 2.56 bits per heavy atom. The number of rotatable bonds is 6. The van der Waals surface area contributed by atoms with Gasteiger partial charge in [-0.3, -0.25) is 0 Å². The number of hydrogen-bond donors (Lipinski definition) is 1. The van der Waals surface area contributed by atoms with Crippen LogP contribution in [0.15, 0.2) is 24.3 Å². The van der Waals surface area contributed by atoms with E-state index < -0.39 is 0 Å². The van der Waals surface area contributed by atoms with Crippen LogP contribution < -0.4 is 15.0 Å². The maximum absolute atomic E-state index is 5.74. The second-order valence-corrected chi connectivity index (χ2v) is 5.77. The fourth-order valence-electron chi connectivity index (χ4n) is 1.58. The lowest BCUT2D eigenvalue weighted by molar-refractivity contribution is 0.298. The maximum atomic E-state index is 5.74. The van der Waals surface area contributed by atoms with E-state index >= 15 is 0 Å². The van der Waals surface area contributed by atoms with Crippen LogP contribution in [0.25, 0.3) is 0 Å². The zero-order chi connectivity index (χ0) is 13.6. The van der Waals surface area contributed by atoms with Crippen molar-refractivity contribution in [2.75, 3.05) is 32.1 Å². The van der Waals surface area contributed by atoms with Gasteiger partial charge in [0, 0.05) is 31.4 Å². The quantitative estimate of drug-likeness (QED) is 0.786. The van der Waals surface area contributed by atoms with Crippen molar-refractivity contribution >= 4 is 5.69 Å². The third-order valence-electron chi connectivity index (χ3n) is 2.58. The molecular formula is C15H26N2O. The van der Waals surface area contributed by atoms with Crippen LogP contribution in [0.3, 0.4) is 0 Å². The van der Waals surface area contributed by atoms with Crippen molar-refractivity contribution in [2.45, 2.75) is 32.7 Å². The Morgan fingerprint density at radius 1 is 1.22 bits per heavy atom. The van der Waals surface area contributed by atoms with Crippen LogP contribution in [0.5, 0.6) is 5.75 Å². The van der Waals surface area contributed by atoms with Crippen LogP contribution in [0.2, 0.25) is 0 Å². The highest BCUT2D eigenvalue weighted by molar-refractivity contribution is 5.49. The molecule has 1 aromatic rings. The van der Waals surface area contributed by atoms with Gasteiger partial charge in [-0.1, -0.05) is 6.07 Å². The van der Waals surface area contributed by atoms with E-state index in [9.17, 15) is 0 Å². The highest BCUT2D eigenvalue weighted by Gasteiger charge is 2.07. The molecule has 0 unspecified atom stereocenters. The Morgan fingerprint density at radius 2 is 1.94 bits per heavy atom. The molecule has 3 nitrogen and oxygen atoms in total. The van der Waals surface area contributed by atoms with Gasteiger partial charge >= 0.3 is 0 Å². The summed E-state index contributed by atoms with van der Waals surface area (Å²) in [4.78, 5) is 2.08. The van der Waals surface area contributed by atoms with E-state index in [4.69, 9.17) is 4.74 Å². The highest BCUT2D eigenvalue weighted by Crippen LogP contribution is 2.19. The van der Waals surface area contributed by atoms with Crippen molar-refractivity contribution in [3.05, 3.63) is 24.3 Å². The molecule has 18 heavy (non-hydrogen) atoms. The monoisotopic (exact) mass is 250 g/mol. The van der Waals surface area contributed by atoms with Crippen molar-refractivity contribution in [3.63, 3.8) is 0 Å². The fourth-order valence-corrected chi connectivity index (χ4v) is 1.58. The van der Waals surface area contributed by atoms with Crippen LogP contribution in [-0.2, 0) is 0 Å². The molecule has 1 aromatic carbocycles. The Hall–Kier alpha value is -1.22. The second-order valence-electron chi connectivity index (χ2n) is 5.77. The minimum absolute atomic E-state index is 0.185. The van der Waals surface area contributed by atoms with Gasteiger partial charge in [-0.25, -0.2) is 0 Å². The lowest BCUT2D eigenvalue weighted by Crippen LogP contribution is -2.36. The molecule has 102 valence electrons. The van der Waals surface area contributed by atoms with E-state index in [-0.39, 0.29) is 5.54 Å². The van der Waals surface area contributed by atoms with Gasteiger partial charge in [0.25, 0.3) is 0 Å². The second kappa shape index (κ2) is 6.64. The van der Waals surface area contributed by atoms with Crippen molar-refractivity contribution < 1.29 is 4.74 Å². The molecule has 0 fully saturated rings. The standard InChI is InChI=1S/C15H26N2O/c1-15(2,3)16-10-7-11-18-14-9-6-8-13(12-14)17(4)5/h6,8-9,12,16H,7,10-11H2,1-5H3. The van der Waals surface area contributed by atoms with Gasteiger partial charge in [0.2, 0.25) is 0 Å². The maximum Gasteiger partial charge on any atom is 0.121 e. The van der Waals surface area contributed by atoms with Crippen LogP contribution in [0, 0.1) is 0 Å². The summed E-state index contributed by atoms with van der Waals surface area (Å²) >= 11 is 0. The normalized spacial score (nSPS) is 11.4. The van der Waals surface area contributed by atoms with E-state index in [1.54, 1.807) is 0 Å². The SMILES string of the molecule is CN(C)c1cccc(OCCCNC(C)(C)C)c1. The molecule has 0 spiro atoms. The largest absolute Gasteiger partial charge is 0.493 e. The molecule has 0 aliphatic carbocycles. The van der Waals surface area contributed by atoms with Crippen molar-refractivity contribution in [2.24, 2.45) is 0 Å². The molecule has 0 atom stereocenters. The summed E-state index contributed by atoms with van der Waals surface area (Å²) in [6.45, 7) is 8.26. The first kappa shape index (κ1) is 14.8. The number of nitrogens with one attached hydrogen (secondary N) is 1. The van der Waals surface area contributed by atoms with Crippen LogP contribution >= 0.6 is 0 Å². The van der Waals surface area contributed by atoms with E-state index in [0.717, 1.165) is 25.3 Å². The number of hydrogen-bond acceptors (Lipinski definition) is 3. The summed E-state index contributed by atoms with van der Waals surface area (Å²) in [7, 11) is 4.07. The van der Waals surface area contributed by atoms with E-state index in [2.05, 4.69) is 43.1 Å². The smallest absolute Gasteiger partial charge is 0.121 e. The molecule has 0 aromatic heterocycles. The van der Waals surface area contributed by atoms with Crippen LogP contribution in [-0.4, -0.2) is 32.8 Å². The molecule has 0 amide bonds. The first-order valence-corrected chi connectivity index (χ1v) is 6.54. The number of ether oxygens (including phenoxy) is 1. The molecule has 0 heterocycles. The van der Waals surface area contributed by atoms with E-state index in [1.807, 2.05) is 26.2 Å². The van der Waals surface area contributed by atoms with Crippen molar-refractivity contribution in [3.8, 4) is 5.75 Å². The minimum Gasteiger partial charge on any atom is -0.493 e. The van der Waals surface area contributed by atoms with Gasteiger partial charge in [0.15, 0.2) is 0 Å². The highest BCUT2D eigenvalue weighted by atomic mass is 16.5. The molecule has 0 aliphatic heterocycles. The average Bonchev–Trinajstić information content (AvgIpc) is 2.27. The predicted molar refractivity (Wildman–Crippen MR) is 78.6 cm³/mol. The molecule has 3 heteroatoms. The summed E-state index contributed by atoms with van der Waals surface area (Å²) in [6.07, 6.45) is 1.02. The molecule has 0 saturated heterocycles. The Labute approximate surface area is 111 Å². The molecule has 0 saturated carbocycles. The summed E-state index contributed by atoms with van der Waals surface area (Å²) in [5.41, 5.74) is 1.35. The molecule has 0 radical (unpaired) electrons. The third kappa shape index (κ3) is 5.92. The molecule has 1 N–H and O–H groups in total. The van der Waals surface area contributed by atoms with Crippen LogP contribution in [0.1, 0.15) is 27.2 Å². The van der Waals surface area contributed by atoms with Gasteiger partial charge in [0.05, 0.1) is 6.61 Å². The predicted octanol–water partition coefficient (Wildman–Crippen LogP) is 2.91. The Kier molecular flexibility index (Phi) is 5.48. The fraction of sp³-hybridized carbons (Fsp3) is 0.600. The summed E-state index contributed by atoms with van der Waals surface area (Å²) in [6, 6.07) is 8.17. The van der Waals surface area contributed by atoms with Gasteiger partial charge in [-0.2, -0.15) is 0 Å². The van der Waals surface area contributed by atoms with E-state index in [0.29, 0.717) is 0 Å². The van der Waals surface area contributed by atoms with E-state index in [1.165, 1.54) is 5.69 Å². The zero-order valence-corrected chi connectivity index (χ0v) is 12.3. The molecule has 0 bridgehead atoms. The number of benzene rings is 1. The lowest BCUT2D eigenvalue weighted by Gasteiger charge is -2.20. The third-order valence-corrected chi connectivity index (χ3v) is 2.58. The molecule has 0 aliphatic rings. The Bertz CT molecular complexity index is 356. The van der Waals surface area contributed by atoms with Gasteiger partial charge < -0.3 is 15.0 Å². The summed E-state index contributed by atoms with van der Waals surface area (Å²) in [5.74, 6) is 0.942. The van der Waals surface area contributed by atoms with Gasteiger partial charge in [-0.05, 0) is 45.9 Å². The first-order chi connectivity index (χ1) is 8.38. The summed E-state index contributed by atoms with van der Waals surface area (Å²) < 4.78 is 5.74. The van der Waals surface area contributed by atoms with Crippen LogP contribution in [0.4, 0.5) is 5.69 Å². The number of anilines is 1. The Balaban J connectivity index is 2.29. The number of nitrogens with zero attached hydrogens (tertiary/aromatic N) is 1. The molecule has 1 rings (SSSR count). The minimum atomic E-state index is 0.185. The first-order valence-electron chi connectivity index (χ1n) is 6.54. The molecular weight excluding hydrogens is 224 g/mol.